The normalized spacial score (nSPS) is 10.8. The number of carbonyl (C=O) groups excluding carboxylic acids is 1. The van der Waals surface area contributed by atoms with Gasteiger partial charge in [0.25, 0.3) is 5.91 Å². The molecule has 0 aliphatic carbocycles. The van der Waals surface area contributed by atoms with Gasteiger partial charge in [-0.1, -0.05) is 0 Å². The smallest absolute Gasteiger partial charge is 0.255 e. The van der Waals surface area contributed by atoms with Crippen molar-refractivity contribution in [2.24, 2.45) is 0 Å². The number of nitrogens with zero attached hydrogens (tertiary/aromatic N) is 3. The number of ether oxygens (including phenoxy) is 1. The molecule has 3 N–H and O–H groups in total. The number of rotatable bonds is 7. The molecule has 9 heteroatoms. The molecular weight excluding hydrogens is 425 g/mol. The summed E-state index contributed by atoms with van der Waals surface area (Å²) in [6.45, 7) is 2.11. The highest BCUT2D eigenvalue weighted by Gasteiger charge is 2.19. The predicted molar refractivity (Wildman–Crippen MR) is 121 cm³/mol. The van der Waals surface area contributed by atoms with Crippen LogP contribution in [0.25, 0.3) is 16.7 Å². The number of nitrogens with two attached hydrogens (primary N) is 1. The summed E-state index contributed by atoms with van der Waals surface area (Å²) in [6.07, 6.45) is 0.971. The number of hydrogen-bond donors (Lipinski definition) is 2. The van der Waals surface area contributed by atoms with Gasteiger partial charge in [0.15, 0.2) is 0 Å². The number of carbonyl (C=O) groups is 1. The van der Waals surface area contributed by atoms with Crippen molar-refractivity contribution in [2.45, 2.75) is 19.8 Å². The molecule has 2 aromatic carbocycles. The first-order valence-corrected chi connectivity index (χ1v) is 10.3. The number of furan rings is 1. The zero-order valence-corrected chi connectivity index (χ0v) is 18.2. The van der Waals surface area contributed by atoms with E-state index in [-0.39, 0.29) is 23.1 Å². The van der Waals surface area contributed by atoms with E-state index in [4.69, 9.17) is 14.9 Å². The molecule has 33 heavy (non-hydrogen) atoms. The van der Waals surface area contributed by atoms with Crippen LogP contribution in [0.15, 0.2) is 46.9 Å². The Morgan fingerprint density at radius 3 is 2.76 bits per heavy atom. The number of methoxy groups -OCH3 is 1. The maximum atomic E-state index is 13.2. The quantitative estimate of drug-likeness (QED) is 0.415. The number of amides is 1. The lowest BCUT2D eigenvalue weighted by Crippen LogP contribution is -2.25. The first kappa shape index (κ1) is 21.9. The second-order valence-electron chi connectivity index (χ2n) is 7.46. The standard InChI is InChI=1S/C24H22FN5O3/c1-14-22(18-12-17(32-2)9-10-21(18)33-14)24(31)28-11-3-4-20-19(13-26)23(27)30(29-20)16-7-5-15(25)6-8-16/h5-10,12H,3-4,11,27H2,1-2H3,(H,28,31). The molecule has 0 bridgehead atoms. The Morgan fingerprint density at radius 2 is 2.06 bits per heavy atom. The first-order valence-electron chi connectivity index (χ1n) is 10.3. The van der Waals surface area contributed by atoms with E-state index in [1.165, 1.54) is 28.9 Å². The van der Waals surface area contributed by atoms with Crippen molar-refractivity contribution in [3.8, 4) is 17.5 Å². The third-order valence-electron chi connectivity index (χ3n) is 5.35. The Balaban J connectivity index is 1.44. The molecule has 2 aromatic heterocycles. The van der Waals surface area contributed by atoms with Crippen LogP contribution in [0.1, 0.15) is 33.8 Å². The van der Waals surface area contributed by atoms with Gasteiger partial charge in [-0.25, -0.2) is 9.07 Å². The van der Waals surface area contributed by atoms with Crippen LogP contribution in [0.4, 0.5) is 10.2 Å². The molecule has 2 heterocycles. The SMILES string of the molecule is COc1ccc2oc(C)c(C(=O)NCCCc3nn(-c4ccc(F)cc4)c(N)c3C#N)c2c1. The summed E-state index contributed by atoms with van der Waals surface area (Å²) in [6, 6.07) is 13.1. The molecule has 4 rings (SSSR count). The number of nitrogen functional groups attached to an aromatic ring is 1. The van der Waals surface area contributed by atoms with E-state index in [1.807, 2.05) is 0 Å². The second kappa shape index (κ2) is 9.04. The fraction of sp³-hybridized carbons (Fsp3) is 0.208. The highest BCUT2D eigenvalue weighted by molar-refractivity contribution is 6.07. The largest absolute Gasteiger partial charge is 0.497 e. The maximum Gasteiger partial charge on any atom is 0.255 e. The first-order chi connectivity index (χ1) is 15.9. The molecule has 0 saturated heterocycles. The van der Waals surface area contributed by atoms with E-state index < -0.39 is 0 Å². The minimum absolute atomic E-state index is 0.192. The summed E-state index contributed by atoms with van der Waals surface area (Å²) >= 11 is 0. The van der Waals surface area contributed by atoms with E-state index in [0.29, 0.717) is 58.8 Å². The number of halogens is 1. The van der Waals surface area contributed by atoms with Gasteiger partial charge in [0.2, 0.25) is 0 Å². The Bertz CT molecular complexity index is 1370. The summed E-state index contributed by atoms with van der Waals surface area (Å²) in [7, 11) is 1.56. The fourth-order valence-corrected chi connectivity index (χ4v) is 3.71. The van der Waals surface area contributed by atoms with Crippen LogP contribution in [-0.2, 0) is 6.42 Å². The molecule has 0 aliphatic heterocycles. The van der Waals surface area contributed by atoms with Gasteiger partial charge in [-0.2, -0.15) is 10.4 Å². The maximum absolute atomic E-state index is 13.2. The minimum atomic E-state index is -0.375. The molecule has 0 saturated carbocycles. The summed E-state index contributed by atoms with van der Waals surface area (Å²) in [5.41, 5.74) is 8.51. The van der Waals surface area contributed by atoms with Crippen LogP contribution in [0.5, 0.6) is 5.75 Å². The molecule has 1 amide bonds. The van der Waals surface area contributed by atoms with Gasteiger partial charge in [0, 0.05) is 11.9 Å². The van der Waals surface area contributed by atoms with E-state index >= 15 is 0 Å². The van der Waals surface area contributed by atoms with Gasteiger partial charge in [-0.15, -0.1) is 0 Å². The van der Waals surface area contributed by atoms with Crippen LogP contribution in [0.3, 0.4) is 0 Å². The number of aromatic nitrogens is 2. The van der Waals surface area contributed by atoms with Crippen LogP contribution in [0.2, 0.25) is 0 Å². The van der Waals surface area contributed by atoms with Crippen molar-refractivity contribution < 1.29 is 18.3 Å². The van der Waals surface area contributed by atoms with Gasteiger partial charge in [0.1, 0.15) is 40.4 Å². The second-order valence-corrected chi connectivity index (χ2v) is 7.46. The lowest BCUT2D eigenvalue weighted by molar-refractivity contribution is 0.0953. The number of fused-ring (bicyclic) bond motifs is 1. The van der Waals surface area contributed by atoms with Crippen LogP contribution in [-0.4, -0.2) is 29.3 Å². The summed E-state index contributed by atoms with van der Waals surface area (Å²) < 4.78 is 25.6. The summed E-state index contributed by atoms with van der Waals surface area (Å²) in [5.74, 6) is 0.720. The van der Waals surface area contributed by atoms with Gasteiger partial charge < -0.3 is 20.2 Å². The number of anilines is 1. The number of hydrogen-bond acceptors (Lipinski definition) is 6. The Labute approximate surface area is 189 Å². The van der Waals surface area contributed by atoms with Gasteiger partial charge in [-0.05, 0) is 62.2 Å². The van der Waals surface area contributed by atoms with E-state index in [1.54, 1.807) is 32.2 Å². The third kappa shape index (κ3) is 4.23. The Hall–Kier alpha value is -4.32. The molecule has 0 aliphatic rings. The van der Waals surface area contributed by atoms with Gasteiger partial charge >= 0.3 is 0 Å². The number of nitriles is 1. The number of aryl methyl sites for hydroxylation is 2. The van der Waals surface area contributed by atoms with E-state index in [2.05, 4.69) is 16.5 Å². The minimum Gasteiger partial charge on any atom is -0.497 e. The molecule has 168 valence electrons. The van der Waals surface area contributed by atoms with E-state index in [0.717, 1.165) is 0 Å². The average Bonchev–Trinajstić information content (AvgIpc) is 3.31. The van der Waals surface area contributed by atoms with Crippen LogP contribution < -0.4 is 15.8 Å². The van der Waals surface area contributed by atoms with Crippen molar-refractivity contribution in [1.29, 1.82) is 5.26 Å². The highest BCUT2D eigenvalue weighted by atomic mass is 19.1. The third-order valence-corrected chi connectivity index (χ3v) is 5.35. The van der Waals surface area contributed by atoms with Crippen LogP contribution in [0, 0.1) is 24.1 Å². The predicted octanol–water partition coefficient (Wildman–Crippen LogP) is 3.89. The fourth-order valence-electron chi connectivity index (χ4n) is 3.71. The lowest BCUT2D eigenvalue weighted by Gasteiger charge is -2.05. The number of nitrogens with one attached hydrogen (secondary N) is 1. The topological polar surface area (TPSA) is 119 Å². The Morgan fingerprint density at radius 1 is 1.30 bits per heavy atom. The number of benzene rings is 2. The molecule has 0 atom stereocenters. The van der Waals surface area contributed by atoms with Crippen molar-refractivity contribution >= 4 is 22.7 Å². The molecule has 0 spiro atoms. The van der Waals surface area contributed by atoms with Crippen molar-refractivity contribution in [3.05, 3.63) is 70.9 Å². The molecule has 8 nitrogen and oxygen atoms in total. The highest BCUT2D eigenvalue weighted by Crippen LogP contribution is 2.29. The van der Waals surface area contributed by atoms with E-state index in [9.17, 15) is 14.4 Å². The molecule has 0 unspecified atom stereocenters. The van der Waals surface area contributed by atoms with Crippen molar-refractivity contribution in [3.63, 3.8) is 0 Å². The summed E-state index contributed by atoms with van der Waals surface area (Å²) in [4.78, 5) is 12.8. The zero-order valence-electron chi connectivity index (χ0n) is 18.2. The summed E-state index contributed by atoms with van der Waals surface area (Å²) in [5, 5.41) is 17.5. The molecular formula is C24H22FN5O3. The Kier molecular flexibility index (Phi) is 6.00. The lowest BCUT2D eigenvalue weighted by atomic mass is 10.1. The van der Waals surface area contributed by atoms with Crippen molar-refractivity contribution in [1.82, 2.24) is 15.1 Å². The molecule has 4 aromatic rings. The average molecular weight is 447 g/mol. The monoisotopic (exact) mass is 447 g/mol. The molecule has 0 radical (unpaired) electrons. The van der Waals surface area contributed by atoms with Gasteiger partial charge in [0.05, 0.1) is 24.1 Å². The molecule has 0 fully saturated rings. The van der Waals surface area contributed by atoms with Crippen LogP contribution >= 0.6 is 0 Å². The van der Waals surface area contributed by atoms with Gasteiger partial charge in [-0.3, -0.25) is 4.79 Å². The zero-order chi connectivity index (χ0) is 23.5. The van der Waals surface area contributed by atoms with Crippen molar-refractivity contribution in [2.75, 3.05) is 19.4 Å².